The molecule has 1 aromatic carbocycles. The maximum atomic E-state index is 14.0. The highest BCUT2D eigenvalue weighted by molar-refractivity contribution is 7.91. The molecular formula is C16H20FN3O3S. The van der Waals surface area contributed by atoms with Crippen LogP contribution >= 0.6 is 0 Å². The molecule has 0 fully saturated rings. The Morgan fingerprint density at radius 1 is 1.33 bits per heavy atom. The van der Waals surface area contributed by atoms with Crippen LogP contribution in [0.2, 0.25) is 0 Å². The van der Waals surface area contributed by atoms with Crippen molar-refractivity contribution < 1.29 is 17.5 Å². The molecule has 0 bridgehead atoms. The van der Waals surface area contributed by atoms with Crippen molar-refractivity contribution in [2.45, 2.75) is 31.7 Å². The van der Waals surface area contributed by atoms with Gasteiger partial charge in [-0.25, -0.2) is 12.8 Å². The van der Waals surface area contributed by atoms with E-state index in [1.165, 1.54) is 22.8 Å². The van der Waals surface area contributed by atoms with Crippen molar-refractivity contribution in [2.24, 2.45) is 0 Å². The summed E-state index contributed by atoms with van der Waals surface area (Å²) in [5.41, 5.74) is 0.187. The number of aromatic nitrogens is 3. The summed E-state index contributed by atoms with van der Waals surface area (Å²) in [6.45, 7) is 7.46. The fraction of sp³-hybridized carbons (Fsp3) is 0.375. The molecule has 0 spiro atoms. The standard InChI is InChI=1S/C16H20FN3O3S/c1-4-9-20-15(13-7-5-6-8-14(13)17)18-19-16(20)24(21,22)11-10-23-12(2)3/h4-8,12H,1,9-11H2,2-3H3. The molecule has 0 aliphatic carbocycles. The van der Waals surface area contributed by atoms with Crippen molar-refractivity contribution in [3.05, 3.63) is 42.7 Å². The number of hydrogen-bond acceptors (Lipinski definition) is 5. The molecule has 0 atom stereocenters. The van der Waals surface area contributed by atoms with E-state index >= 15 is 0 Å². The van der Waals surface area contributed by atoms with Gasteiger partial charge in [0.15, 0.2) is 5.82 Å². The third-order valence-electron chi connectivity index (χ3n) is 3.22. The molecule has 0 N–H and O–H groups in total. The van der Waals surface area contributed by atoms with Crippen molar-refractivity contribution in [2.75, 3.05) is 12.4 Å². The number of ether oxygens (including phenoxy) is 1. The van der Waals surface area contributed by atoms with Gasteiger partial charge in [0.1, 0.15) is 5.82 Å². The number of halogens is 1. The van der Waals surface area contributed by atoms with Crippen molar-refractivity contribution >= 4 is 9.84 Å². The van der Waals surface area contributed by atoms with Crippen molar-refractivity contribution in [3.8, 4) is 11.4 Å². The van der Waals surface area contributed by atoms with E-state index in [2.05, 4.69) is 16.8 Å². The van der Waals surface area contributed by atoms with Gasteiger partial charge in [-0.05, 0) is 26.0 Å². The van der Waals surface area contributed by atoms with Crippen LogP contribution in [0.1, 0.15) is 13.8 Å². The molecule has 1 heterocycles. The molecule has 0 saturated heterocycles. The summed E-state index contributed by atoms with van der Waals surface area (Å²) in [5, 5.41) is 7.44. The highest BCUT2D eigenvalue weighted by Gasteiger charge is 2.25. The van der Waals surface area contributed by atoms with Crippen LogP contribution in [0, 0.1) is 5.82 Å². The monoisotopic (exact) mass is 353 g/mol. The van der Waals surface area contributed by atoms with E-state index in [0.29, 0.717) is 0 Å². The second-order valence-corrected chi connectivity index (χ2v) is 7.43. The van der Waals surface area contributed by atoms with Crippen LogP contribution in [0.5, 0.6) is 0 Å². The van der Waals surface area contributed by atoms with E-state index in [9.17, 15) is 12.8 Å². The molecule has 0 aliphatic rings. The number of hydrogen-bond donors (Lipinski definition) is 0. The van der Waals surface area contributed by atoms with Gasteiger partial charge in [0.2, 0.25) is 15.0 Å². The van der Waals surface area contributed by atoms with E-state index in [-0.39, 0.29) is 41.6 Å². The molecule has 1 aromatic heterocycles. The topological polar surface area (TPSA) is 74.1 Å². The van der Waals surface area contributed by atoms with Crippen molar-refractivity contribution in [3.63, 3.8) is 0 Å². The summed E-state index contributed by atoms with van der Waals surface area (Å²) in [6, 6.07) is 6.01. The van der Waals surface area contributed by atoms with Gasteiger partial charge in [0, 0.05) is 6.54 Å². The van der Waals surface area contributed by atoms with Crippen LogP contribution in [0.15, 0.2) is 42.1 Å². The molecule has 0 radical (unpaired) electrons. The molecule has 6 nitrogen and oxygen atoms in total. The van der Waals surface area contributed by atoms with Crippen LogP contribution in [-0.2, 0) is 21.1 Å². The first-order valence-corrected chi connectivity index (χ1v) is 9.15. The Kier molecular flexibility index (Phi) is 5.84. The lowest BCUT2D eigenvalue weighted by molar-refractivity contribution is 0.0912. The first-order chi connectivity index (χ1) is 11.4. The summed E-state index contributed by atoms with van der Waals surface area (Å²) < 4.78 is 45.7. The lowest BCUT2D eigenvalue weighted by Gasteiger charge is -2.10. The normalized spacial score (nSPS) is 11.8. The Morgan fingerprint density at radius 3 is 2.67 bits per heavy atom. The molecule has 130 valence electrons. The summed E-state index contributed by atoms with van der Waals surface area (Å²) in [6.07, 6.45) is 1.44. The van der Waals surface area contributed by atoms with E-state index in [4.69, 9.17) is 4.74 Å². The molecular weight excluding hydrogens is 333 g/mol. The Bertz CT molecular complexity index is 816. The number of benzene rings is 1. The first-order valence-electron chi connectivity index (χ1n) is 7.50. The fourth-order valence-corrected chi connectivity index (χ4v) is 3.30. The van der Waals surface area contributed by atoms with Crippen molar-refractivity contribution in [1.29, 1.82) is 0 Å². The molecule has 2 rings (SSSR count). The van der Waals surface area contributed by atoms with E-state index in [0.717, 1.165) is 0 Å². The second kappa shape index (κ2) is 7.67. The largest absolute Gasteiger partial charge is 0.378 e. The predicted octanol–water partition coefficient (Wildman–Crippen LogP) is 2.47. The summed E-state index contributed by atoms with van der Waals surface area (Å²) >= 11 is 0. The fourth-order valence-electron chi connectivity index (χ4n) is 2.14. The Labute approximate surface area is 140 Å². The first kappa shape index (κ1) is 18.3. The molecule has 0 amide bonds. The predicted molar refractivity (Wildman–Crippen MR) is 88.8 cm³/mol. The number of nitrogens with zero attached hydrogens (tertiary/aromatic N) is 3. The number of sulfone groups is 1. The second-order valence-electron chi connectivity index (χ2n) is 5.42. The maximum Gasteiger partial charge on any atom is 0.250 e. The van der Waals surface area contributed by atoms with Gasteiger partial charge in [0.05, 0.1) is 24.0 Å². The van der Waals surface area contributed by atoms with Gasteiger partial charge in [0.25, 0.3) is 0 Å². The smallest absolute Gasteiger partial charge is 0.250 e. The van der Waals surface area contributed by atoms with Gasteiger partial charge in [-0.2, -0.15) is 0 Å². The summed E-state index contributed by atoms with van der Waals surface area (Å²) in [4.78, 5) is 0. The zero-order valence-corrected chi connectivity index (χ0v) is 14.5. The van der Waals surface area contributed by atoms with E-state index < -0.39 is 15.7 Å². The van der Waals surface area contributed by atoms with Crippen LogP contribution in [0.25, 0.3) is 11.4 Å². The quantitative estimate of drug-likeness (QED) is 0.682. The third kappa shape index (κ3) is 4.07. The number of allylic oxidation sites excluding steroid dienone is 1. The van der Waals surface area contributed by atoms with Gasteiger partial charge in [-0.15, -0.1) is 16.8 Å². The average Bonchev–Trinajstić information content (AvgIpc) is 2.92. The molecule has 0 unspecified atom stereocenters. The zero-order valence-electron chi connectivity index (χ0n) is 13.6. The minimum Gasteiger partial charge on any atom is -0.378 e. The number of rotatable bonds is 8. The van der Waals surface area contributed by atoms with Crippen LogP contribution in [0.3, 0.4) is 0 Å². The van der Waals surface area contributed by atoms with Gasteiger partial charge in [-0.3, -0.25) is 4.57 Å². The third-order valence-corrected chi connectivity index (χ3v) is 4.79. The van der Waals surface area contributed by atoms with E-state index in [1.807, 2.05) is 13.8 Å². The molecule has 0 saturated carbocycles. The minimum atomic E-state index is -3.71. The Hall–Kier alpha value is -2.06. The highest BCUT2D eigenvalue weighted by Crippen LogP contribution is 2.23. The Balaban J connectivity index is 2.42. The maximum absolute atomic E-state index is 14.0. The molecule has 24 heavy (non-hydrogen) atoms. The molecule has 8 heteroatoms. The average molecular weight is 353 g/mol. The van der Waals surface area contributed by atoms with Crippen LogP contribution < -0.4 is 0 Å². The van der Waals surface area contributed by atoms with Gasteiger partial charge < -0.3 is 4.74 Å². The highest BCUT2D eigenvalue weighted by atomic mass is 32.2. The van der Waals surface area contributed by atoms with Crippen LogP contribution in [-0.4, -0.2) is 41.6 Å². The molecule has 2 aromatic rings. The SMILES string of the molecule is C=CCn1c(-c2ccccc2F)nnc1S(=O)(=O)CCOC(C)C. The summed E-state index contributed by atoms with van der Waals surface area (Å²) in [5.74, 6) is -0.573. The zero-order chi connectivity index (χ0) is 17.7. The Morgan fingerprint density at radius 2 is 2.04 bits per heavy atom. The van der Waals surface area contributed by atoms with Gasteiger partial charge in [-0.1, -0.05) is 18.2 Å². The van der Waals surface area contributed by atoms with Crippen molar-refractivity contribution in [1.82, 2.24) is 14.8 Å². The minimum absolute atomic E-state index is 0.0516. The lowest BCUT2D eigenvalue weighted by Crippen LogP contribution is -2.19. The lowest BCUT2D eigenvalue weighted by atomic mass is 10.2. The summed E-state index contributed by atoms with van der Waals surface area (Å²) in [7, 11) is -3.71. The van der Waals surface area contributed by atoms with E-state index in [1.54, 1.807) is 12.1 Å². The van der Waals surface area contributed by atoms with Gasteiger partial charge >= 0.3 is 0 Å². The molecule has 0 aliphatic heterocycles. The van der Waals surface area contributed by atoms with Crippen LogP contribution in [0.4, 0.5) is 4.39 Å².